The van der Waals surface area contributed by atoms with Crippen molar-refractivity contribution >= 4 is 18.7 Å². The van der Waals surface area contributed by atoms with Crippen LogP contribution in [0.1, 0.15) is 19.3 Å². The van der Waals surface area contributed by atoms with E-state index in [-0.39, 0.29) is 0 Å². The van der Waals surface area contributed by atoms with Crippen molar-refractivity contribution in [2.24, 2.45) is 0 Å². The third kappa shape index (κ3) is 3.46. The van der Waals surface area contributed by atoms with Gasteiger partial charge in [0.2, 0.25) is 0 Å². The lowest BCUT2D eigenvalue weighted by molar-refractivity contribution is 0.205. The van der Waals surface area contributed by atoms with Crippen molar-refractivity contribution in [1.82, 2.24) is 10.2 Å². The molecule has 0 aromatic heterocycles. The van der Waals surface area contributed by atoms with Gasteiger partial charge in [0.1, 0.15) is 0 Å². The van der Waals surface area contributed by atoms with Crippen LogP contribution in [-0.2, 0) is 0 Å². The molecule has 1 heterocycles. The van der Waals surface area contributed by atoms with Gasteiger partial charge in [-0.3, -0.25) is 0 Å². The van der Waals surface area contributed by atoms with Crippen LogP contribution < -0.4 is 15.8 Å². The summed E-state index contributed by atoms with van der Waals surface area (Å²) < 4.78 is 0. The van der Waals surface area contributed by atoms with Gasteiger partial charge in [0, 0.05) is 21.2 Å². The highest BCUT2D eigenvalue weighted by molar-refractivity contribution is 7.71. The van der Waals surface area contributed by atoms with Crippen LogP contribution in [0.25, 0.3) is 0 Å². The molecular formula is C17H21N2P. The number of rotatable bonds is 4. The minimum Gasteiger partial charge on any atom is -0.240 e. The fourth-order valence-corrected chi connectivity index (χ4v) is 4.51. The Morgan fingerprint density at radius 1 is 0.700 bits per heavy atom. The summed E-state index contributed by atoms with van der Waals surface area (Å²) in [4.78, 5) is 0. The normalized spacial score (nSPS) is 16.4. The van der Waals surface area contributed by atoms with Crippen LogP contribution in [0.2, 0.25) is 0 Å². The lowest BCUT2D eigenvalue weighted by Gasteiger charge is -2.32. The number of hydrogen-bond acceptors (Lipinski definition) is 2. The largest absolute Gasteiger partial charge is 0.240 e. The molecule has 1 fully saturated rings. The van der Waals surface area contributed by atoms with Crippen molar-refractivity contribution in [3.8, 4) is 0 Å². The summed E-state index contributed by atoms with van der Waals surface area (Å²) in [5.41, 5.74) is 0. The Kier molecular flexibility index (Phi) is 4.81. The second-order valence-electron chi connectivity index (χ2n) is 5.15. The SMILES string of the molecule is c1ccc(P(NN2CCCCC2)c2ccccc2)cc1. The van der Waals surface area contributed by atoms with Crippen molar-refractivity contribution in [1.29, 1.82) is 0 Å². The second kappa shape index (κ2) is 6.99. The topological polar surface area (TPSA) is 15.3 Å². The molecule has 0 saturated carbocycles. The van der Waals surface area contributed by atoms with Crippen molar-refractivity contribution in [3.05, 3.63) is 60.7 Å². The molecule has 1 aliphatic heterocycles. The molecule has 0 aliphatic carbocycles. The Labute approximate surface area is 122 Å². The van der Waals surface area contributed by atoms with Crippen LogP contribution in [0, 0.1) is 0 Å². The van der Waals surface area contributed by atoms with Crippen molar-refractivity contribution in [3.63, 3.8) is 0 Å². The molecular weight excluding hydrogens is 263 g/mol. The van der Waals surface area contributed by atoms with Gasteiger partial charge < -0.3 is 0 Å². The number of benzene rings is 2. The number of piperidine rings is 1. The van der Waals surface area contributed by atoms with Gasteiger partial charge in [-0.1, -0.05) is 67.1 Å². The Balaban J connectivity index is 1.83. The summed E-state index contributed by atoms with van der Waals surface area (Å²) in [6.07, 6.45) is 3.98. The quantitative estimate of drug-likeness (QED) is 0.868. The molecule has 1 saturated heterocycles. The van der Waals surface area contributed by atoms with E-state index in [9.17, 15) is 0 Å². The molecule has 3 heteroatoms. The molecule has 2 aromatic carbocycles. The molecule has 2 aromatic rings. The van der Waals surface area contributed by atoms with E-state index in [1.54, 1.807) is 0 Å². The van der Waals surface area contributed by atoms with Gasteiger partial charge in [0.25, 0.3) is 0 Å². The van der Waals surface area contributed by atoms with E-state index in [1.165, 1.54) is 43.0 Å². The zero-order valence-corrected chi connectivity index (χ0v) is 12.6. The van der Waals surface area contributed by atoms with E-state index in [0.29, 0.717) is 0 Å². The molecule has 0 spiro atoms. The Hall–Kier alpha value is -1.21. The first-order valence-corrected chi connectivity index (χ1v) is 8.69. The van der Waals surface area contributed by atoms with Crippen LogP contribution in [0.4, 0.5) is 0 Å². The van der Waals surface area contributed by atoms with E-state index >= 15 is 0 Å². The van der Waals surface area contributed by atoms with E-state index in [0.717, 1.165) is 0 Å². The predicted octanol–water partition coefficient (Wildman–Crippen LogP) is 3.02. The summed E-state index contributed by atoms with van der Waals surface area (Å²) in [5, 5.41) is 8.98. The van der Waals surface area contributed by atoms with E-state index < -0.39 is 8.07 Å². The Morgan fingerprint density at radius 2 is 1.20 bits per heavy atom. The van der Waals surface area contributed by atoms with Crippen LogP contribution in [0.15, 0.2) is 60.7 Å². The molecule has 0 atom stereocenters. The molecule has 0 unspecified atom stereocenters. The van der Waals surface area contributed by atoms with Gasteiger partial charge in [-0.25, -0.2) is 10.2 Å². The molecule has 3 rings (SSSR count). The van der Waals surface area contributed by atoms with Crippen molar-refractivity contribution in [2.75, 3.05) is 13.1 Å². The highest BCUT2D eigenvalue weighted by Crippen LogP contribution is 2.29. The summed E-state index contributed by atoms with van der Waals surface area (Å²) in [6.45, 7) is 2.33. The van der Waals surface area contributed by atoms with E-state index in [4.69, 9.17) is 0 Å². The smallest absolute Gasteiger partial charge is 0.0398 e. The first kappa shape index (κ1) is 13.8. The van der Waals surface area contributed by atoms with E-state index in [1.807, 2.05) is 0 Å². The third-order valence-electron chi connectivity index (χ3n) is 3.63. The highest BCUT2D eigenvalue weighted by Gasteiger charge is 2.18. The standard InChI is InChI=1S/C17H21N2P/c1-4-10-16(11-5-1)20(17-12-6-2-7-13-17)18-19-14-8-3-9-15-19/h1-2,4-7,10-13,18H,3,8-9,14-15H2. The minimum absolute atomic E-state index is 0.498. The highest BCUT2D eigenvalue weighted by atomic mass is 31.1. The molecule has 1 N–H and O–H groups in total. The van der Waals surface area contributed by atoms with Gasteiger partial charge in [-0.2, -0.15) is 0 Å². The maximum absolute atomic E-state index is 3.79. The molecule has 0 radical (unpaired) electrons. The lowest BCUT2D eigenvalue weighted by atomic mass is 10.2. The summed E-state index contributed by atoms with van der Waals surface area (Å²) in [7, 11) is -0.498. The van der Waals surface area contributed by atoms with Crippen LogP contribution in [0.5, 0.6) is 0 Å². The molecule has 2 nitrogen and oxygen atoms in total. The lowest BCUT2D eigenvalue weighted by Crippen LogP contribution is -2.42. The Morgan fingerprint density at radius 3 is 1.70 bits per heavy atom. The fourth-order valence-electron chi connectivity index (χ4n) is 2.55. The van der Waals surface area contributed by atoms with E-state index in [2.05, 4.69) is 70.9 Å². The summed E-state index contributed by atoms with van der Waals surface area (Å²) in [5.74, 6) is 0. The first-order valence-electron chi connectivity index (χ1n) is 7.35. The number of nitrogens with one attached hydrogen (secondary N) is 1. The average Bonchev–Trinajstić information content (AvgIpc) is 2.55. The van der Waals surface area contributed by atoms with Crippen LogP contribution >= 0.6 is 8.07 Å². The zero-order valence-electron chi connectivity index (χ0n) is 11.7. The summed E-state index contributed by atoms with van der Waals surface area (Å²) >= 11 is 0. The van der Waals surface area contributed by atoms with Crippen LogP contribution in [0.3, 0.4) is 0 Å². The number of nitrogens with zero attached hydrogens (tertiary/aromatic N) is 1. The fraction of sp³-hybridized carbons (Fsp3) is 0.294. The van der Waals surface area contributed by atoms with Crippen molar-refractivity contribution < 1.29 is 0 Å². The third-order valence-corrected chi connectivity index (χ3v) is 5.74. The summed E-state index contributed by atoms with van der Waals surface area (Å²) in [6, 6.07) is 21.6. The maximum Gasteiger partial charge on any atom is 0.0398 e. The molecule has 0 amide bonds. The minimum atomic E-state index is -0.498. The predicted molar refractivity (Wildman–Crippen MR) is 87.6 cm³/mol. The maximum atomic E-state index is 3.79. The first-order chi connectivity index (χ1) is 9.93. The average molecular weight is 284 g/mol. The van der Waals surface area contributed by atoms with Crippen molar-refractivity contribution in [2.45, 2.75) is 19.3 Å². The second-order valence-corrected chi connectivity index (χ2v) is 7.06. The Bertz CT molecular complexity index is 470. The molecule has 104 valence electrons. The zero-order chi connectivity index (χ0) is 13.6. The molecule has 0 bridgehead atoms. The van der Waals surface area contributed by atoms with Gasteiger partial charge in [-0.15, -0.1) is 0 Å². The van der Waals surface area contributed by atoms with Crippen LogP contribution in [-0.4, -0.2) is 18.1 Å². The van der Waals surface area contributed by atoms with Gasteiger partial charge in [-0.05, 0) is 23.5 Å². The van der Waals surface area contributed by atoms with Gasteiger partial charge in [0.05, 0.1) is 0 Å². The molecule has 20 heavy (non-hydrogen) atoms. The monoisotopic (exact) mass is 284 g/mol. The number of hydrazine groups is 1. The van der Waals surface area contributed by atoms with Gasteiger partial charge in [0.15, 0.2) is 0 Å². The number of hydrogen-bond donors (Lipinski definition) is 1. The van der Waals surface area contributed by atoms with Gasteiger partial charge >= 0.3 is 0 Å². The molecule has 1 aliphatic rings.